The topological polar surface area (TPSA) is 29.1 Å². The van der Waals surface area contributed by atoms with Crippen molar-refractivity contribution in [2.24, 2.45) is 5.92 Å². The van der Waals surface area contributed by atoms with Crippen LogP contribution in [-0.4, -0.2) is 5.91 Å². The maximum absolute atomic E-state index is 12.7. The molecule has 1 aromatic carbocycles. The fourth-order valence-electron chi connectivity index (χ4n) is 1.53. The Kier molecular flexibility index (Phi) is 4.38. The standard InChI is InChI=1S/C13H16F3NO/c1-4-9-7-10(17-12(18)8(2)3)5-6-11(9)13(14,15)16/h5-8H,4H2,1-3H3,(H,17,18). The summed E-state index contributed by atoms with van der Waals surface area (Å²) in [5, 5.41) is 2.59. The molecule has 100 valence electrons. The Morgan fingerprint density at radius 2 is 1.94 bits per heavy atom. The average Bonchev–Trinajstić information content (AvgIpc) is 2.27. The van der Waals surface area contributed by atoms with E-state index < -0.39 is 11.7 Å². The maximum Gasteiger partial charge on any atom is 0.416 e. The molecular formula is C13H16F3NO. The molecule has 0 saturated carbocycles. The first kappa shape index (κ1) is 14.5. The first-order valence-corrected chi connectivity index (χ1v) is 5.76. The van der Waals surface area contributed by atoms with Crippen molar-refractivity contribution in [3.63, 3.8) is 0 Å². The van der Waals surface area contributed by atoms with Gasteiger partial charge in [-0.3, -0.25) is 4.79 Å². The maximum atomic E-state index is 12.7. The van der Waals surface area contributed by atoms with Crippen molar-refractivity contribution in [3.05, 3.63) is 29.3 Å². The second kappa shape index (κ2) is 5.42. The van der Waals surface area contributed by atoms with Gasteiger partial charge in [-0.05, 0) is 30.2 Å². The smallest absolute Gasteiger partial charge is 0.326 e. The third kappa shape index (κ3) is 3.48. The predicted octanol–water partition coefficient (Wildman–Crippen LogP) is 3.86. The molecular weight excluding hydrogens is 243 g/mol. The normalized spacial score (nSPS) is 11.7. The molecule has 0 fully saturated rings. The summed E-state index contributed by atoms with van der Waals surface area (Å²) in [6, 6.07) is 3.67. The van der Waals surface area contributed by atoms with Gasteiger partial charge >= 0.3 is 6.18 Å². The van der Waals surface area contributed by atoms with Gasteiger partial charge in [0.1, 0.15) is 0 Å². The van der Waals surface area contributed by atoms with Gasteiger partial charge in [-0.1, -0.05) is 20.8 Å². The molecule has 0 bridgehead atoms. The van der Waals surface area contributed by atoms with E-state index in [0.29, 0.717) is 5.69 Å². The number of nitrogens with one attached hydrogen (secondary N) is 1. The van der Waals surface area contributed by atoms with Crippen molar-refractivity contribution in [1.82, 2.24) is 0 Å². The molecule has 0 unspecified atom stereocenters. The van der Waals surface area contributed by atoms with Gasteiger partial charge in [-0.25, -0.2) is 0 Å². The van der Waals surface area contributed by atoms with E-state index in [9.17, 15) is 18.0 Å². The van der Waals surface area contributed by atoms with E-state index >= 15 is 0 Å². The monoisotopic (exact) mass is 259 g/mol. The quantitative estimate of drug-likeness (QED) is 0.877. The molecule has 0 aliphatic rings. The molecule has 0 aliphatic heterocycles. The number of rotatable bonds is 3. The van der Waals surface area contributed by atoms with Gasteiger partial charge in [0.25, 0.3) is 0 Å². The van der Waals surface area contributed by atoms with Crippen LogP contribution in [0, 0.1) is 5.92 Å². The lowest BCUT2D eigenvalue weighted by Gasteiger charge is -2.14. The van der Waals surface area contributed by atoms with Crippen LogP contribution in [-0.2, 0) is 17.4 Å². The Labute approximate surface area is 104 Å². The summed E-state index contributed by atoms with van der Waals surface area (Å²) in [6.45, 7) is 5.10. The number of hydrogen-bond acceptors (Lipinski definition) is 1. The second-order valence-electron chi connectivity index (χ2n) is 4.37. The van der Waals surface area contributed by atoms with Gasteiger partial charge in [0.2, 0.25) is 5.91 Å². The minimum absolute atomic E-state index is 0.184. The van der Waals surface area contributed by atoms with Crippen LogP contribution in [0.4, 0.5) is 18.9 Å². The van der Waals surface area contributed by atoms with Crippen LogP contribution in [0.2, 0.25) is 0 Å². The van der Waals surface area contributed by atoms with Crippen LogP contribution in [0.25, 0.3) is 0 Å². The largest absolute Gasteiger partial charge is 0.416 e. The number of aryl methyl sites for hydroxylation is 1. The van der Waals surface area contributed by atoms with Crippen molar-refractivity contribution >= 4 is 11.6 Å². The van der Waals surface area contributed by atoms with E-state index in [1.54, 1.807) is 20.8 Å². The fraction of sp³-hybridized carbons (Fsp3) is 0.462. The molecule has 0 saturated heterocycles. The highest BCUT2D eigenvalue weighted by Crippen LogP contribution is 2.33. The number of halogens is 3. The molecule has 5 heteroatoms. The Balaban J connectivity index is 3.03. The Bertz CT molecular complexity index is 438. The van der Waals surface area contributed by atoms with Crippen molar-refractivity contribution in [2.45, 2.75) is 33.4 Å². The summed E-state index contributed by atoms with van der Waals surface area (Å²) in [7, 11) is 0. The number of alkyl halides is 3. The molecule has 1 rings (SSSR count). The lowest BCUT2D eigenvalue weighted by atomic mass is 10.0. The van der Waals surface area contributed by atoms with Crippen LogP contribution in [0.15, 0.2) is 18.2 Å². The molecule has 0 aromatic heterocycles. The molecule has 0 heterocycles. The summed E-state index contributed by atoms with van der Waals surface area (Å²) in [5.74, 6) is -0.422. The molecule has 18 heavy (non-hydrogen) atoms. The molecule has 0 atom stereocenters. The number of hydrogen-bond donors (Lipinski definition) is 1. The SMILES string of the molecule is CCc1cc(NC(=O)C(C)C)ccc1C(F)(F)F. The van der Waals surface area contributed by atoms with E-state index in [-0.39, 0.29) is 23.8 Å². The molecule has 1 aromatic rings. The first-order chi connectivity index (χ1) is 8.25. The molecule has 0 radical (unpaired) electrons. The van der Waals surface area contributed by atoms with Gasteiger partial charge in [-0.2, -0.15) is 13.2 Å². The van der Waals surface area contributed by atoms with Crippen LogP contribution >= 0.6 is 0 Å². The second-order valence-corrected chi connectivity index (χ2v) is 4.37. The lowest BCUT2D eigenvalue weighted by molar-refractivity contribution is -0.138. The zero-order valence-corrected chi connectivity index (χ0v) is 10.6. The molecule has 1 amide bonds. The third-order valence-corrected chi connectivity index (χ3v) is 2.58. The van der Waals surface area contributed by atoms with Gasteiger partial charge < -0.3 is 5.32 Å². The first-order valence-electron chi connectivity index (χ1n) is 5.76. The number of anilines is 1. The molecule has 1 N–H and O–H groups in total. The number of carbonyl (C=O) groups excluding carboxylic acids is 1. The van der Waals surface area contributed by atoms with Gasteiger partial charge in [0.15, 0.2) is 0 Å². The van der Waals surface area contributed by atoms with Gasteiger partial charge in [0.05, 0.1) is 5.56 Å². The Hall–Kier alpha value is -1.52. The van der Waals surface area contributed by atoms with E-state index in [2.05, 4.69) is 5.32 Å². The molecule has 2 nitrogen and oxygen atoms in total. The van der Waals surface area contributed by atoms with Crippen LogP contribution in [0.5, 0.6) is 0 Å². The summed E-state index contributed by atoms with van der Waals surface area (Å²) >= 11 is 0. The van der Waals surface area contributed by atoms with E-state index in [1.807, 2.05) is 0 Å². The van der Waals surface area contributed by atoms with Crippen LogP contribution < -0.4 is 5.32 Å². The Morgan fingerprint density at radius 3 is 2.39 bits per heavy atom. The summed E-state index contributed by atoms with van der Waals surface area (Å²) in [4.78, 5) is 11.5. The predicted molar refractivity (Wildman–Crippen MR) is 64.3 cm³/mol. The van der Waals surface area contributed by atoms with Gasteiger partial charge in [-0.15, -0.1) is 0 Å². The van der Waals surface area contributed by atoms with Crippen LogP contribution in [0.1, 0.15) is 31.9 Å². The average molecular weight is 259 g/mol. The highest BCUT2D eigenvalue weighted by atomic mass is 19.4. The summed E-state index contributed by atoms with van der Waals surface area (Å²) < 4.78 is 38.0. The zero-order chi connectivity index (χ0) is 13.9. The van der Waals surface area contributed by atoms with Crippen LogP contribution in [0.3, 0.4) is 0 Å². The fourth-order valence-corrected chi connectivity index (χ4v) is 1.53. The molecule has 0 aliphatic carbocycles. The highest BCUT2D eigenvalue weighted by Gasteiger charge is 2.32. The third-order valence-electron chi connectivity index (χ3n) is 2.58. The van der Waals surface area contributed by atoms with Crippen molar-refractivity contribution in [3.8, 4) is 0 Å². The van der Waals surface area contributed by atoms with Crippen molar-refractivity contribution < 1.29 is 18.0 Å². The van der Waals surface area contributed by atoms with E-state index in [0.717, 1.165) is 6.07 Å². The van der Waals surface area contributed by atoms with Crippen molar-refractivity contribution in [1.29, 1.82) is 0 Å². The Morgan fingerprint density at radius 1 is 1.33 bits per heavy atom. The molecule has 0 spiro atoms. The summed E-state index contributed by atoms with van der Waals surface area (Å²) in [5.41, 5.74) is -0.0600. The lowest BCUT2D eigenvalue weighted by Crippen LogP contribution is -2.18. The van der Waals surface area contributed by atoms with Gasteiger partial charge in [0, 0.05) is 11.6 Å². The summed E-state index contributed by atoms with van der Waals surface area (Å²) in [6.07, 6.45) is -4.09. The number of benzene rings is 1. The van der Waals surface area contributed by atoms with E-state index in [4.69, 9.17) is 0 Å². The number of carbonyl (C=O) groups is 1. The number of amides is 1. The highest BCUT2D eigenvalue weighted by molar-refractivity contribution is 5.92. The minimum atomic E-state index is -4.36. The van der Waals surface area contributed by atoms with Crippen molar-refractivity contribution in [2.75, 3.05) is 5.32 Å². The minimum Gasteiger partial charge on any atom is -0.326 e. The van der Waals surface area contributed by atoms with E-state index in [1.165, 1.54) is 12.1 Å². The zero-order valence-electron chi connectivity index (χ0n) is 10.6.